The topological polar surface area (TPSA) is 58.6 Å². The molecule has 0 fully saturated rings. The van der Waals surface area contributed by atoms with Crippen LogP contribution in [0.5, 0.6) is 0 Å². The monoisotopic (exact) mass is 217 g/mol. The van der Waals surface area contributed by atoms with E-state index in [0.29, 0.717) is 5.92 Å². The van der Waals surface area contributed by atoms with E-state index in [1.807, 2.05) is 0 Å². The van der Waals surface area contributed by atoms with Crippen LogP contribution in [-0.4, -0.2) is 36.9 Å². The van der Waals surface area contributed by atoms with Crippen LogP contribution in [0.3, 0.4) is 0 Å². The van der Waals surface area contributed by atoms with Crippen LogP contribution in [0.15, 0.2) is 0 Å². The number of hydrogen-bond acceptors (Lipinski definition) is 4. The van der Waals surface area contributed by atoms with Crippen LogP contribution in [0.25, 0.3) is 0 Å². The van der Waals surface area contributed by atoms with Gasteiger partial charge in [0.25, 0.3) is 0 Å². The van der Waals surface area contributed by atoms with Gasteiger partial charge in [-0.25, -0.2) is 4.79 Å². The Morgan fingerprint density at radius 3 is 2.40 bits per heavy atom. The van der Waals surface area contributed by atoms with Crippen molar-refractivity contribution in [2.45, 2.75) is 39.2 Å². The molecule has 0 aromatic carbocycles. The molecule has 0 heterocycles. The summed E-state index contributed by atoms with van der Waals surface area (Å²) in [5, 5.41) is 12.8. The number of hydrogen-bond donors (Lipinski definition) is 2. The average Bonchev–Trinajstić information content (AvgIpc) is 2.23. The van der Waals surface area contributed by atoms with Crippen LogP contribution in [0.4, 0.5) is 0 Å². The van der Waals surface area contributed by atoms with Crippen LogP contribution >= 0.6 is 0 Å². The fourth-order valence-electron chi connectivity index (χ4n) is 1.39. The summed E-state index contributed by atoms with van der Waals surface area (Å²) >= 11 is 0. The molecule has 0 aromatic heterocycles. The lowest BCUT2D eigenvalue weighted by molar-refractivity contribution is -0.159. The number of nitrogens with one attached hydrogen (secondary N) is 1. The van der Waals surface area contributed by atoms with Crippen LogP contribution in [0, 0.1) is 5.92 Å². The number of methoxy groups -OCH3 is 1. The highest BCUT2D eigenvalue weighted by Crippen LogP contribution is 2.07. The van der Waals surface area contributed by atoms with Crippen LogP contribution in [0.2, 0.25) is 0 Å². The van der Waals surface area contributed by atoms with Crippen molar-refractivity contribution in [3.05, 3.63) is 0 Å². The third-order valence-electron chi connectivity index (χ3n) is 2.68. The van der Waals surface area contributed by atoms with Crippen molar-refractivity contribution in [3.63, 3.8) is 0 Å². The predicted octanol–water partition coefficient (Wildman–Crippen LogP) is 0.936. The molecular formula is C11H23NO3. The van der Waals surface area contributed by atoms with Gasteiger partial charge in [0.05, 0.1) is 7.11 Å². The summed E-state index contributed by atoms with van der Waals surface area (Å²) in [5.41, 5.74) is -1.43. The van der Waals surface area contributed by atoms with Gasteiger partial charge in [0.2, 0.25) is 0 Å². The molecule has 0 aromatic rings. The van der Waals surface area contributed by atoms with E-state index in [9.17, 15) is 9.90 Å². The molecule has 2 N–H and O–H groups in total. The van der Waals surface area contributed by atoms with E-state index in [0.717, 1.165) is 19.4 Å². The summed E-state index contributed by atoms with van der Waals surface area (Å²) in [6.45, 7) is 6.78. The molecule has 15 heavy (non-hydrogen) atoms. The van der Waals surface area contributed by atoms with Crippen molar-refractivity contribution in [2.24, 2.45) is 5.92 Å². The molecule has 1 unspecified atom stereocenters. The van der Waals surface area contributed by atoms with E-state index < -0.39 is 11.6 Å². The molecule has 0 amide bonds. The van der Waals surface area contributed by atoms with Crippen LogP contribution in [0.1, 0.15) is 33.6 Å². The van der Waals surface area contributed by atoms with E-state index in [1.54, 1.807) is 0 Å². The molecule has 4 nitrogen and oxygen atoms in total. The SMILES string of the molecule is CCC(CC)CNCC(C)(O)C(=O)OC. The van der Waals surface area contributed by atoms with Crippen molar-refractivity contribution in [1.82, 2.24) is 5.32 Å². The van der Waals surface area contributed by atoms with Gasteiger partial charge in [0.15, 0.2) is 5.60 Å². The second kappa shape index (κ2) is 6.80. The molecular weight excluding hydrogens is 194 g/mol. The Morgan fingerprint density at radius 1 is 1.47 bits per heavy atom. The van der Waals surface area contributed by atoms with Gasteiger partial charge in [-0.05, 0) is 19.4 Å². The maximum absolute atomic E-state index is 11.1. The summed E-state index contributed by atoms with van der Waals surface area (Å²) in [7, 11) is 1.28. The predicted molar refractivity (Wildman–Crippen MR) is 59.6 cm³/mol. The van der Waals surface area contributed by atoms with E-state index in [4.69, 9.17) is 0 Å². The van der Waals surface area contributed by atoms with Crippen molar-refractivity contribution < 1.29 is 14.6 Å². The summed E-state index contributed by atoms with van der Waals surface area (Å²) in [5.74, 6) is -0.00186. The zero-order valence-corrected chi connectivity index (χ0v) is 10.2. The molecule has 0 spiro atoms. The Bertz CT molecular complexity index is 188. The number of aliphatic hydroxyl groups is 1. The van der Waals surface area contributed by atoms with Gasteiger partial charge < -0.3 is 15.2 Å². The van der Waals surface area contributed by atoms with Gasteiger partial charge in [-0.3, -0.25) is 0 Å². The summed E-state index contributed by atoms with van der Waals surface area (Å²) < 4.78 is 4.50. The molecule has 0 aliphatic rings. The second-order valence-electron chi connectivity index (χ2n) is 4.08. The minimum atomic E-state index is -1.43. The quantitative estimate of drug-likeness (QED) is 0.623. The Balaban J connectivity index is 3.88. The lowest BCUT2D eigenvalue weighted by Crippen LogP contribution is -2.46. The van der Waals surface area contributed by atoms with E-state index in [1.165, 1.54) is 14.0 Å². The van der Waals surface area contributed by atoms with Gasteiger partial charge in [-0.1, -0.05) is 26.7 Å². The van der Waals surface area contributed by atoms with Crippen LogP contribution < -0.4 is 5.32 Å². The van der Waals surface area contributed by atoms with Gasteiger partial charge in [0, 0.05) is 6.54 Å². The van der Waals surface area contributed by atoms with Gasteiger partial charge in [-0.2, -0.15) is 0 Å². The highest BCUT2D eigenvalue weighted by atomic mass is 16.5. The average molecular weight is 217 g/mol. The van der Waals surface area contributed by atoms with E-state index in [-0.39, 0.29) is 6.54 Å². The van der Waals surface area contributed by atoms with Crippen LogP contribution in [-0.2, 0) is 9.53 Å². The Kier molecular flexibility index (Phi) is 6.52. The maximum Gasteiger partial charge on any atom is 0.338 e. The number of esters is 1. The number of carbonyl (C=O) groups is 1. The largest absolute Gasteiger partial charge is 0.467 e. The number of rotatable bonds is 7. The molecule has 0 saturated heterocycles. The lowest BCUT2D eigenvalue weighted by atomic mass is 10.0. The Morgan fingerprint density at radius 2 is 2.00 bits per heavy atom. The third-order valence-corrected chi connectivity index (χ3v) is 2.68. The van der Waals surface area contributed by atoms with Crippen molar-refractivity contribution in [3.8, 4) is 0 Å². The van der Waals surface area contributed by atoms with Gasteiger partial charge in [0.1, 0.15) is 0 Å². The standard InChI is InChI=1S/C11H23NO3/c1-5-9(6-2)7-12-8-11(3,14)10(13)15-4/h9,12,14H,5-8H2,1-4H3. The third kappa shape index (κ3) is 5.14. The molecule has 0 aliphatic heterocycles. The first kappa shape index (κ1) is 14.4. The molecule has 0 bridgehead atoms. The highest BCUT2D eigenvalue weighted by Gasteiger charge is 2.30. The van der Waals surface area contributed by atoms with Gasteiger partial charge >= 0.3 is 5.97 Å². The normalized spacial score (nSPS) is 15.1. The Hall–Kier alpha value is -0.610. The van der Waals surface area contributed by atoms with Crippen molar-refractivity contribution in [2.75, 3.05) is 20.2 Å². The zero-order chi connectivity index (χ0) is 11.9. The van der Waals surface area contributed by atoms with Crippen molar-refractivity contribution in [1.29, 1.82) is 0 Å². The molecule has 0 saturated carbocycles. The fraction of sp³-hybridized carbons (Fsp3) is 0.909. The lowest BCUT2D eigenvalue weighted by Gasteiger charge is -2.22. The van der Waals surface area contributed by atoms with E-state index >= 15 is 0 Å². The first-order valence-electron chi connectivity index (χ1n) is 5.49. The van der Waals surface area contributed by atoms with Gasteiger partial charge in [-0.15, -0.1) is 0 Å². The highest BCUT2D eigenvalue weighted by molar-refractivity contribution is 5.78. The Labute approximate surface area is 92.0 Å². The minimum absolute atomic E-state index is 0.232. The first-order valence-corrected chi connectivity index (χ1v) is 5.49. The van der Waals surface area contributed by atoms with Crippen molar-refractivity contribution >= 4 is 5.97 Å². The summed E-state index contributed by atoms with van der Waals surface area (Å²) in [6.07, 6.45) is 2.20. The first-order chi connectivity index (χ1) is 6.97. The molecule has 0 radical (unpaired) electrons. The number of ether oxygens (including phenoxy) is 1. The summed E-state index contributed by atoms with van der Waals surface area (Å²) in [6, 6.07) is 0. The second-order valence-corrected chi connectivity index (χ2v) is 4.08. The smallest absolute Gasteiger partial charge is 0.338 e. The molecule has 0 rings (SSSR count). The maximum atomic E-state index is 11.1. The molecule has 4 heteroatoms. The van der Waals surface area contributed by atoms with E-state index in [2.05, 4.69) is 23.9 Å². The fourth-order valence-corrected chi connectivity index (χ4v) is 1.39. The molecule has 90 valence electrons. The molecule has 1 atom stereocenters. The summed E-state index contributed by atoms with van der Waals surface area (Å²) in [4.78, 5) is 11.1. The molecule has 0 aliphatic carbocycles. The zero-order valence-electron chi connectivity index (χ0n) is 10.2. The number of carbonyl (C=O) groups excluding carboxylic acids is 1. The minimum Gasteiger partial charge on any atom is -0.467 e.